The number of aryl methyl sites for hydroxylation is 1. The van der Waals surface area contributed by atoms with E-state index < -0.39 is 0 Å². The van der Waals surface area contributed by atoms with Gasteiger partial charge in [-0.2, -0.15) is 0 Å². The molecule has 0 bridgehead atoms. The summed E-state index contributed by atoms with van der Waals surface area (Å²) >= 11 is 1.62. The van der Waals surface area contributed by atoms with Gasteiger partial charge in [-0.3, -0.25) is 4.57 Å². The van der Waals surface area contributed by atoms with Crippen molar-refractivity contribution in [1.82, 2.24) is 14.8 Å². The third-order valence-electron chi connectivity index (χ3n) is 2.64. The molecule has 0 radical (unpaired) electrons. The van der Waals surface area contributed by atoms with Crippen LogP contribution in [0.1, 0.15) is 18.9 Å². The fourth-order valence-electron chi connectivity index (χ4n) is 1.74. The van der Waals surface area contributed by atoms with E-state index in [9.17, 15) is 4.79 Å². The molecule has 0 spiro atoms. The first-order valence-electron chi connectivity index (χ1n) is 6.13. The van der Waals surface area contributed by atoms with Crippen LogP contribution in [0.4, 0.5) is 0 Å². The first kappa shape index (κ1) is 13.0. The maximum Gasteiger partial charge on any atom is 0.343 e. The minimum absolute atomic E-state index is 0.112. The van der Waals surface area contributed by atoms with Crippen LogP contribution in [0.15, 0.2) is 40.3 Å². The predicted octanol–water partition coefficient (Wildman–Crippen LogP) is 2.32. The summed E-state index contributed by atoms with van der Waals surface area (Å²) in [4.78, 5) is 11.5. The second kappa shape index (κ2) is 6.44. The lowest BCUT2D eigenvalue weighted by atomic mass is 10.2. The average molecular weight is 263 g/mol. The van der Waals surface area contributed by atoms with Crippen LogP contribution in [0.5, 0.6) is 0 Å². The number of rotatable bonds is 6. The summed E-state index contributed by atoms with van der Waals surface area (Å²) in [5.41, 5.74) is 1.20. The van der Waals surface area contributed by atoms with Crippen molar-refractivity contribution in [3.05, 3.63) is 46.4 Å². The topological polar surface area (TPSA) is 50.7 Å². The van der Waals surface area contributed by atoms with E-state index in [0.29, 0.717) is 0 Å². The van der Waals surface area contributed by atoms with Crippen molar-refractivity contribution in [2.75, 3.05) is 5.75 Å². The largest absolute Gasteiger partial charge is 0.343 e. The van der Waals surface area contributed by atoms with Crippen LogP contribution in [0, 0.1) is 0 Å². The molecule has 1 aromatic carbocycles. The average Bonchev–Trinajstić information content (AvgIpc) is 2.73. The van der Waals surface area contributed by atoms with Gasteiger partial charge in [-0.1, -0.05) is 49.0 Å². The molecule has 5 heteroatoms. The SMILES string of the molecule is CCCn1c(SCCc2ccccc2)n[nH]c1=O. The number of hydrogen-bond donors (Lipinski definition) is 1. The highest BCUT2D eigenvalue weighted by Gasteiger charge is 2.07. The highest BCUT2D eigenvalue weighted by Crippen LogP contribution is 2.15. The molecule has 0 unspecified atom stereocenters. The Bertz CT molecular complexity index is 533. The number of benzene rings is 1. The van der Waals surface area contributed by atoms with Crippen molar-refractivity contribution < 1.29 is 0 Å². The fraction of sp³-hybridized carbons (Fsp3) is 0.385. The first-order chi connectivity index (χ1) is 8.81. The van der Waals surface area contributed by atoms with E-state index in [-0.39, 0.29) is 5.69 Å². The number of thioether (sulfide) groups is 1. The van der Waals surface area contributed by atoms with Gasteiger partial charge in [0.05, 0.1) is 0 Å². The molecule has 0 atom stereocenters. The Morgan fingerprint density at radius 2 is 2.11 bits per heavy atom. The molecule has 96 valence electrons. The van der Waals surface area contributed by atoms with Gasteiger partial charge in [-0.05, 0) is 18.4 Å². The van der Waals surface area contributed by atoms with Crippen molar-refractivity contribution >= 4 is 11.8 Å². The van der Waals surface area contributed by atoms with E-state index >= 15 is 0 Å². The summed E-state index contributed by atoms with van der Waals surface area (Å²) in [6.07, 6.45) is 1.92. The molecule has 18 heavy (non-hydrogen) atoms. The Morgan fingerprint density at radius 3 is 2.83 bits per heavy atom. The van der Waals surface area contributed by atoms with Crippen molar-refractivity contribution in [3.8, 4) is 0 Å². The van der Waals surface area contributed by atoms with Crippen molar-refractivity contribution in [3.63, 3.8) is 0 Å². The van der Waals surface area contributed by atoms with Crippen LogP contribution in [-0.4, -0.2) is 20.5 Å². The second-order valence-electron chi connectivity index (χ2n) is 4.05. The highest BCUT2D eigenvalue weighted by molar-refractivity contribution is 7.99. The molecule has 1 heterocycles. The van der Waals surface area contributed by atoms with Gasteiger partial charge in [0.25, 0.3) is 0 Å². The summed E-state index contributed by atoms with van der Waals surface area (Å²) in [6.45, 7) is 2.78. The van der Waals surface area contributed by atoms with Crippen molar-refractivity contribution in [1.29, 1.82) is 0 Å². The summed E-state index contributed by atoms with van der Waals surface area (Å²) in [6, 6.07) is 10.3. The van der Waals surface area contributed by atoms with E-state index in [0.717, 1.165) is 30.3 Å². The molecular formula is C13H17N3OS. The number of H-pyrrole nitrogens is 1. The molecule has 0 amide bonds. The van der Waals surface area contributed by atoms with Gasteiger partial charge >= 0.3 is 5.69 Å². The number of aromatic nitrogens is 3. The zero-order valence-corrected chi connectivity index (χ0v) is 11.2. The van der Waals surface area contributed by atoms with E-state index in [4.69, 9.17) is 0 Å². The number of hydrogen-bond acceptors (Lipinski definition) is 3. The summed E-state index contributed by atoms with van der Waals surface area (Å²) in [5.74, 6) is 0.929. The zero-order chi connectivity index (χ0) is 12.8. The molecule has 0 aliphatic heterocycles. The van der Waals surface area contributed by atoms with E-state index in [2.05, 4.69) is 29.3 Å². The molecule has 1 aromatic heterocycles. The molecule has 2 aromatic rings. The lowest BCUT2D eigenvalue weighted by Gasteiger charge is -2.03. The first-order valence-corrected chi connectivity index (χ1v) is 7.11. The molecule has 0 saturated heterocycles. The van der Waals surface area contributed by atoms with Crippen LogP contribution >= 0.6 is 11.8 Å². The van der Waals surface area contributed by atoms with E-state index in [1.807, 2.05) is 18.2 Å². The molecule has 0 aliphatic carbocycles. The molecule has 1 N–H and O–H groups in total. The van der Waals surface area contributed by atoms with Gasteiger partial charge in [0, 0.05) is 12.3 Å². The Morgan fingerprint density at radius 1 is 1.33 bits per heavy atom. The maximum atomic E-state index is 11.5. The lowest BCUT2D eigenvalue weighted by Crippen LogP contribution is -2.17. The summed E-state index contributed by atoms with van der Waals surface area (Å²) in [7, 11) is 0. The lowest BCUT2D eigenvalue weighted by molar-refractivity contribution is 0.604. The molecular weight excluding hydrogens is 246 g/mol. The molecule has 0 saturated carbocycles. The van der Waals surface area contributed by atoms with Crippen LogP contribution in [0.25, 0.3) is 0 Å². The molecule has 4 nitrogen and oxygen atoms in total. The van der Waals surface area contributed by atoms with Crippen molar-refractivity contribution in [2.45, 2.75) is 31.5 Å². The summed E-state index contributed by atoms with van der Waals surface area (Å²) < 4.78 is 1.70. The Balaban J connectivity index is 1.92. The van der Waals surface area contributed by atoms with Crippen molar-refractivity contribution in [2.24, 2.45) is 0 Å². The van der Waals surface area contributed by atoms with Crippen LogP contribution in [0.2, 0.25) is 0 Å². The maximum absolute atomic E-state index is 11.5. The monoisotopic (exact) mass is 263 g/mol. The van der Waals surface area contributed by atoms with Gasteiger partial charge in [0.15, 0.2) is 5.16 Å². The third kappa shape index (κ3) is 3.26. The second-order valence-corrected chi connectivity index (χ2v) is 5.11. The minimum atomic E-state index is -0.112. The Labute approximate surface area is 110 Å². The number of nitrogens with zero attached hydrogens (tertiary/aromatic N) is 2. The Hall–Kier alpha value is -1.49. The van der Waals surface area contributed by atoms with E-state index in [1.54, 1.807) is 16.3 Å². The minimum Gasteiger partial charge on any atom is -0.270 e. The number of aromatic amines is 1. The molecule has 0 fully saturated rings. The summed E-state index contributed by atoms with van der Waals surface area (Å²) in [5, 5.41) is 7.35. The Kier molecular flexibility index (Phi) is 4.64. The van der Waals surface area contributed by atoms with Gasteiger partial charge < -0.3 is 0 Å². The normalized spacial score (nSPS) is 10.7. The smallest absolute Gasteiger partial charge is 0.270 e. The van der Waals surface area contributed by atoms with Gasteiger partial charge in [-0.25, -0.2) is 9.89 Å². The fourth-order valence-corrected chi connectivity index (χ4v) is 2.70. The van der Waals surface area contributed by atoms with Gasteiger partial charge in [0.2, 0.25) is 0 Å². The molecule has 2 rings (SSSR count). The number of nitrogens with one attached hydrogen (secondary N) is 1. The zero-order valence-electron chi connectivity index (χ0n) is 10.4. The molecule has 0 aliphatic rings. The van der Waals surface area contributed by atoms with Crippen LogP contribution in [0.3, 0.4) is 0 Å². The highest BCUT2D eigenvalue weighted by atomic mass is 32.2. The van der Waals surface area contributed by atoms with Crippen LogP contribution < -0.4 is 5.69 Å². The third-order valence-corrected chi connectivity index (χ3v) is 3.61. The predicted molar refractivity (Wildman–Crippen MR) is 74.0 cm³/mol. The van der Waals surface area contributed by atoms with Crippen LogP contribution in [-0.2, 0) is 13.0 Å². The van der Waals surface area contributed by atoms with E-state index in [1.165, 1.54) is 5.56 Å². The standard InChI is InChI=1S/C13H17N3OS/c1-2-9-16-12(17)14-15-13(16)18-10-8-11-6-4-3-5-7-11/h3-7H,2,8-10H2,1H3,(H,14,17). The quantitative estimate of drug-likeness (QED) is 0.814. The van der Waals surface area contributed by atoms with Gasteiger partial charge in [0.1, 0.15) is 0 Å². The van der Waals surface area contributed by atoms with Gasteiger partial charge in [-0.15, -0.1) is 5.10 Å².